The van der Waals surface area contributed by atoms with E-state index in [4.69, 9.17) is 4.74 Å². The lowest BCUT2D eigenvalue weighted by Crippen LogP contribution is -2.26. The molecule has 0 bridgehead atoms. The lowest BCUT2D eigenvalue weighted by Gasteiger charge is -2.32. The Morgan fingerprint density at radius 3 is 1.90 bits per heavy atom. The number of rotatable bonds is 2. The highest BCUT2D eigenvalue weighted by Crippen LogP contribution is 2.33. The monoisotopic (exact) mass is 275 g/mol. The van der Waals surface area contributed by atoms with Gasteiger partial charge in [0.25, 0.3) is 0 Å². The zero-order chi connectivity index (χ0) is 15.7. The van der Waals surface area contributed by atoms with Crippen LogP contribution in [0.1, 0.15) is 43.0 Å². The van der Waals surface area contributed by atoms with Crippen molar-refractivity contribution in [2.75, 3.05) is 7.11 Å². The smallest absolute Gasteiger partial charge is 0.337 e. The molecule has 0 heterocycles. The van der Waals surface area contributed by atoms with Crippen molar-refractivity contribution in [1.29, 1.82) is 0 Å². The highest BCUT2D eigenvalue weighted by atomic mass is 16.5. The van der Waals surface area contributed by atoms with Gasteiger partial charge in [-0.05, 0) is 42.9 Å². The SMILES string of the molecule is COC(=O)/C(=C(/[O-])C(C)(C)C)c1c(C)cc(C)cc1C. The molecule has 1 aromatic carbocycles. The normalized spacial score (nSPS) is 12.9. The lowest BCUT2D eigenvalue weighted by molar-refractivity contribution is -0.321. The first kappa shape index (κ1) is 16.3. The number of hydrogen-bond donors (Lipinski definition) is 0. The number of hydrogen-bond acceptors (Lipinski definition) is 3. The van der Waals surface area contributed by atoms with Gasteiger partial charge in [0.1, 0.15) is 0 Å². The molecule has 1 rings (SSSR count). The molecule has 0 aliphatic heterocycles. The Balaban J connectivity index is 3.70. The fraction of sp³-hybridized carbons (Fsp3) is 0.471. The Morgan fingerprint density at radius 1 is 1.10 bits per heavy atom. The summed E-state index contributed by atoms with van der Waals surface area (Å²) in [6.07, 6.45) is 0. The van der Waals surface area contributed by atoms with Crippen LogP contribution in [0, 0.1) is 26.2 Å². The number of benzene rings is 1. The molecule has 3 heteroatoms. The van der Waals surface area contributed by atoms with Gasteiger partial charge in [0.2, 0.25) is 0 Å². The van der Waals surface area contributed by atoms with Gasteiger partial charge in [-0.3, -0.25) is 0 Å². The van der Waals surface area contributed by atoms with Crippen LogP contribution in [0.2, 0.25) is 0 Å². The van der Waals surface area contributed by atoms with Gasteiger partial charge in [-0.25, -0.2) is 4.79 Å². The van der Waals surface area contributed by atoms with Gasteiger partial charge in [-0.1, -0.05) is 38.5 Å². The van der Waals surface area contributed by atoms with Crippen molar-refractivity contribution in [1.82, 2.24) is 0 Å². The molecule has 0 N–H and O–H groups in total. The van der Waals surface area contributed by atoms with E-state index < -0.39 is 11.4 Å². The number of esters is 1. The largest absolute Gasteiger partial charge is 0.874 e. The minimum absolute atomic E-state index is 0.148. The van der Waals surface area contributed by atoms with Crippen LogP contribution in [-0.4, -0.2) is 13.1 Å². The van der Waals surface area contributed by atoms with E-state index in [1.54, 1.807) is 20.8 Å². The third kappa shape index (κ3) is 3.21. The summed E-state index contributed by atoms with van der Waals surface area (Å²) in [5.74, 6) is -0.764. The maximum Gasteiger partial charge on any atom is 0.337 e. The molecule has 0 amide bonds. The topological polar surface area (TPSA) is 49.4 Å². The number of methoxy groups -OCH3 is 1. The second kappa shape index (κ2) is 5.70. The molecule has 0 saturated carbocycles. The maximum absolute atomic E-state index is 12.6. The molecule has 0 atom stereocenters. The van der Waals surface area contributed by atoms with Crippen molar-refractivity contribution in [2.24, 2.45) is 5.41 Å². The third-order valence-electron chi connectivity index (χ3n) is 3.22. The van der Waals surface area contributed by atoms with Gasteiger partial charge < -0.3 is 9.84 Å². The summed E-state index contributed by atoms with van der Waals surface area (Å²) in [5, 5.41) is 12.6. The van der Waals surface area contributed by atoms with Crippen molar-refractivity contribution >= 4 is 11.5 Å². The first-order valence-electron chi connectivity index (χ1n) is 6.68. The number of carbonyl (C=O) groups is 1. The summed E-state index contributed by atoms with van der Waals surface area (Å²) in [4.78, 5) is 12.1. The van der Waals surface area contributed by atoms with Crippen molar-refractivity contribution < 1.29 is 14.6 Å². The summed E-state index contributed by atoms with van der Waals surface area (Å²) < 4.78 is 4.83. The van der Waals surface area contributed by atoms with Gasteiger partial charge in [-0.2, -0.15) is 0 Å². The molecule has 0 radical (unpaired) electrons. The zero-order valence-electron chi connectivity index (χ0n) is 13.4. The first-order chi connectivity index (χ1) is 9.09. The van der Waals surface area contributed by atoms with E-state index in [0.717, 1.165) is 16.7 Å². The van der Waals surface area contributed by atoms with E-state index in [1.807, 2.05) is 32.9 Å². The van der Waals surface area contributed by atoms with Crippen LogP contribution in [0.25, 0.3) is 5.57 Å². The molecule has 0 aliphatic carbocycles. The van der Waals surface area contributed by atoms with Gasteiger partial charge in [0.05, 0.1) is 12.7 Å². The lowest BCUT2D eigenvalue weighted by atomic mass is 9.85. The predicted octanol–water partition coefficient (Wildman–Crippen LogP) is 2.90. The first-order valence-corrected chi connectivity index (χ1v) is 6.68. The van der Waals surface area contributed by atoms with E-state index in [9.17, 15) is 9.90 Å². The van der Waals surface area contributed by atoms with Crippen molar-refractivity contribution in [3.63, 3.8) is 0 Å². The number of ether oxygens (including phenoxy) is 1. The van der Waals surface area contributed by atoms with E-state index in [0.29, 0.717) is 5.56 Å². The molecule has 0 fully saturated rings. The standard InChI is InChI=1S/C17H24O3/c1-10-8-11(2)13(12(3)9-10)14(16(19)20-7)15(18)17(4,5)6/h8-9,18H,1-7H3/p-1/b15-14+. The summed E-state index contributed by atoms with van der Waals surface area (Å²) >= 11 is 0. The van der Waals surface area contributed by atoms with Gasteiger partial charge in [0.15, 0.2) is 0 Å². The van der Waals surface area contributed by atoms with E-state index >= 15 is 0 Å². The molecule has 0 aliphatic rings. The molecule has 0 saturated heterocycles. The van der Waals surface area contributed by atoms with Gasteiger partial charge >= 0.3 is 5.97 Å². The minimum Gasteiger partial charge on any atom is -0.874 e. The molecule has 3 nitrogen and oxygen atoms in total. The highest BCUT2D eigenvalue weighted by molar-refractivity contribution is 6.18. The van der Waals surface area contributed by atoms with Crippen molar-refractivity contribution in [3.8, 4) is 0 Å². The Bertz CT molecular complexity index is 537. The third-order valence-corrected chi connectivity index (χ3v) is 3.22. The minimum atomic E-state index is -0.632. The summed E-state index contributed by atoms with van der Waals surface area (Å²) in [5.41, 5.74) is 3.15. The van der Waals surface area contributed by atoms with E-state index in [1.165, 1.54) is 7.11 Å². The molecular weight excluding hydrogens is 252 g/mol. The van der Waals surface area contributed by atoms with Crippen LogP contribution < -0.4 is 5.11 Å². The van der Waals surface area contributed by atoms with Crippen molar-refractivity contribution in [2.45, 2.75) is 41.5 Å². The van der Waals surface area contributed by atoms with Gasteiger partial charge in [0, 0.05) is 0 Å². The number of allylic oxidation sites excluding steroid dienone is 1. The Hall–Kier alpha value is -1.77. The summed E-state index contributed by atoms with van der Waals surface area (Å²) in [6.45, 7) is 11.2. The molecule has 1 aromatic rings. The zero-order valence-corrected chi connectivity index (χ0v) is 13.4. The molecule has 110 valence electrons. The fourth-order valence-corrected chi connectivity index (χ4v) is 2.36. The van der Waals surface area contributed by atoms with Crippen LogP contribution >= 0.6 is 0 Å². The maximum atomic E-state index is 12.6. The second-order valence-electron chi connectivity index (χ2n) is 6.22. The average molecular weight is 275 g/mol. The number of carbonyl (C=O) groups excluding carboxylic acids is 1. The van der Waals surface area contributed by atoms with Gasteiger partial charge in [-0.15, -0.1) is 5.76 Å². The predicted molar refractivity (Wildman–Crippen MR) is 79.0 cm³/mol. The Labute approximate surface area is 121 Å². The second-order valence-corrected chi connectivity index (χ2v) is 6.22. The number of aryl methyl sites for hydroxylation is 3. The molecule has 0 unspecified atom stereocenters. The fourth-order valence-electron chi connectivity index (χ4n) is 2.36. The van der Waals surface area contributed by atoms with Crippen LogP contribution in [-0.2, 0) is 9.53 Å². The van der Waals surface area contributed by atoms with Crippen molar-refractivity contribution in [3.05, 3.63) is 40.1 Å². The quantitative estimate of drug-likeness (QED) is 0.474. The van der Waals surface area contributed by atoms with Crippen LogP contribution in [0.15, 0.2) is 17.9 Å². The van der Waals surface area contributed by atoms with Crippen LogP contribution in [0.5, 0.6) is 0 Å². The summed E-state index contributed by atoms with van der Waals surface area (Å²) in [7, 11) is 1.30. The van der Waals surface area contributed by atoms with E-state index in [2.05, 4.69) is 0 Å². The molecule has 0 spiro atoms. The molecule has 20 heavy (non-hydrogen) atoms. The van der Waals surface area contributed by atoms with Crippen LogP contribution in [0.4, 0.5) is 0 Å². The average Bonchev–Trinajstić information content (AvgIpc) is 2.30. The summed E-state index contributed by atoms with van der Waals surface area (Å²) in [6, 6.07) is 3.95. The Kier molecular flexibility index (Phi) is 4.64. The highest BCUT2D eigenvalue weighted by Gasteiger charge is 2.23. The Morgan fingerprint density at radius 2 is 1.55 bits per heavy atom. The molecular formula is C17H23O3-. The van der Waals surface area contributed by atoms with Crippen LogP contribution in [0.3, 0.4) is 0 Å². The van der Waals surface area contributed by atoms with E-state index in [-0.39, 0.29) is 11.3 Å². The molecule has 0 aromatic heterocycles.